The number of carbonyl (C=O) groups is 2. The van der Waals surface area contributed by atoms with Gasteiger partial charge in [0.1, 0.15) is 5.60 Å². The van der Waals surface area contributed by atoms with E-state index in [0.717, 1.165) is 16.8 Å². The molecule has 6 nitrogen and oxygen atoms in total. The maximum absolute atomic E-state index is 13.6. The van der Waals surface area contributed by atoms with Crippen molar-refractivity contribution < 1.29 is 23.5 Å². The van der Waals surface area contributed by atoms with Crippen molar-refractivity contribution in [1.82, 2.24) is 5.32 Å². The first kappa shape index (κ1) is 33.0. The lowest BCUT2D eigenvalue weighted by atomic mass is 9.80. The maximum atomic E-state index is 13.6. The first-order valence-corrected chi connectivity index (χ1v) is 15.8. The molecule has 1 N–H and O–H groups in total. The van der Waals surface area contributed by atoms with E-state index in [-0.39, 0.29) is 18.1 Å². The quantitative estimate of drug-likeness (QED) is 0.190. The first-order chi connectivity index (χ1) is 18.8. The number of rotatable bonds is 12. The zero-order valence-electron chi connectivity index (χ0n) is 25.5. The average Bonchev–Trinajstić information content (AvgIpc) is 2.89. The number of hydrogen-bond donors (Lipinski definition) is 1. The summed E-state index contributed by atoms with van der Waals surface area (Å²) < 4.78 is 18.1. The van der Waals surface area contributed by atoms with Crippen LogP contribution >= 0.6 is 0 Å². The fourth-order valence-corrected chi connectivity index (χ4v) is 9.70. The SMILES string of the molecule is C=CC[C@](NC(=O)OC(C)(C)C)(C(=O)OC)[C@@H](/C=C/CC)CO[Si](c1ccccc1)(c1ccccc1)C(C)(C)C. The normalized spacial score (nSPS) is 14.7. The van der Waals surface area contributed by atoms with Gasteiger partial charge in [0.25, 0.3) is 8.32 Å². The highest BCUT2D eigenvalue weighted by molar-refractivity contribution is 6.99. The Hall–Kier alpha value is -3.16. The van der Waals surface area contributed by atoms with Gasteiger partial charge in [-0.1, -0.05) is 107 Å². The van der Waals surface area contributed by atoms with Gasteiger partial charge in [-0.25, -0.2) is 9.59 Å². The van der Waals surface area contributed by atoms with Crippen LogP contribution in [0.5, 0.6) is 0 Å². The summed E-state index contributed by atoms with van der Waals surface area (Å²) in [7, 11) is -1.61. The van der Waals surface area contributed by atoms with Crippen LogP contribution in [0.1, 0.15) is 61.3 Å². The topological polar surface area (TPSA) is 73.9 Å². The number of carbonyl (C=O) groups excluding carboxylic acids is 2. The molecular formula is C33H47NO5Si. The maximum Gasteiger partial charge on any atom is 0.408 e. The van der Waals surface area contributed by atoms with Gasteiger partial charge in [0, 0.05) is 12.5 Å². The van der Waals surface area contributed by atoms with Crippen molar-refractivity contribution in [2.24, 2.45) is 5.92 Å². The van der Waals surface area contributed by atoms with Crippen molar-refractivity contribution in [3.63, 3.8) is 0 Å². The lowest BCUT2D eigenvalue weighted by Gasteiger charge is -2.45. The molecule has 0 aromatic heterocycles. The highest BCUT2D eigenvalue weighted by Crippen LogP contribution is 2.38. The van der Waals surface area contributed by atoms with Crippen LogP contribution in [0.2, 0.25) is 5.04 Å². The van der Waals surface area contributed by atoms with Crippen molar-refractivity contribution in [3.05, 3.63) is 85.5 Å². The summed E-state index contributed by atoms with van der Waals surface area (Å²) in [5.74, 6) is -1.16. The predicted molar refractivity (Wildman–Crippen MR) is 165 cm³/mol. The summed E-state index contributed by atoms with van der Waals surface area (Å²) >= 11 is 0. The van der Waals surface area contributed by atoms with Crippen LogP contribution in [-0.2, 0) is 18.7 Å². The molecule has 40 heavy (non-hydrogen) atoms. The molecule has 0 unspecified atom stereocenters. The molecule has 2 aromatic rings. The summed E-state index contributed by atoms with van der Waals surface area (Å²) in [5, 5.41) is 4.86. The monoisotopic (exact) mass is 565 g/mol. The molecule has 0 aliphatic carbocycles. The van der Waals surface area contributed by atoms with Gasteiger partial charge in [0.15, 0.2) is 5.54 Å². The Morgan fingerprint density at radius 1 is 0.950 bits per heavy atom. The second kappa shape index (κ2) is 13.9. The minimum absolute atomic E-state index is 0.127. The van der Waals surface area contributed by atoms with E-state index in [0.29, 0.717) is 0 Å². The van der Waals surface area contributed by atoms with Crippen LogP contribution in [0.25, 0.3) is 0 Å². The molecule has 2 rings (SSSR count). The van der Waals surface area contributed by atoms with Crippen LogP contribution in [0.15, 0.2) is 85.5 Å². The van der Waals surface area contributed by atoms with Gasteiger partial charge in [0.05, 0.1) is 7.11 Å². The van der Waals surface area contributed by atoms with Crippen molar-refractivity contribution in [2.75, 3.05) is 13.7 Å². The smallest absolute Gasteiger partial charge is 0.408 e. The Morgan fingerprint density at radius 3 is 1.88 bits per heavy atom. The molecule has 0 fully saturated rings. The fourth-order valence-electron chi connectivity index (χ4n) is 5.12. The Labute approximate surface area is 241 Å². The zero-order chi connectivity index (χ0) is 30.0. The Bertz CT molecular complexity index is 1100. The molecular weight excluding hydrogens is 518 g/mol. The second-order valence-corrected chi connectivity index (χ2v) is 16.3. The standard InChI is InChI=1S/C33H47NO5Si/c1-10-12-19-26(33(24-11-2,29(35)37-9)34-30(36)39-31(3,4)5)25-38-40(32(6,7)8,27-20-15-13-16-21-27)28-22-17-14-18-23-28/h11-23,26H,2,10,24-25H2,1,3-9H3,(H,34,36)/b19-12+/t26-,33+/m0/s1. The number of amides is 1. The first-order valence-electron chi connectivity index (χ1n) is 13.9. The average molecular weight is 566 g/mol. The van der Waals surface area contributed by atoms with E-state index in [9.17, 15) is 9.59 Å². The Balaban J connectivity index is 2.73. The van der Waals surface area contributed by atoms with Crippen molar-refractivity contribution >= 4 is 30.8 Å². The lowest BCUT2D eigenvalue weighted by Crippen LogP contribution is -2.68. The highest BCUT2D eigenvalue weighted by Gasteiger charge is 2.53. The molecule has 0 aliphatic heterocycles. The van der Waals surface area contributed by atoms with Gasteiger partial charge in [0.2, 0.25) is 0 Å². The van der Waals surface area contributed by atoms with E-state index in [1.807, 2.05) is 55.5 Å². The van der Waals surface area contributed by atoms with Gasteiger partial charge in [-0.05, 0) is 49.0 Å². The molecule has 7 heteroatoms. The minimum Gasteiger partial charge on any atom is -0.467 e. The molecule has 0 radical (unpaired) electrons. The number of ether oxygens (including phenoxy) is 2. The molecule has 0 saturated heterocycles. The highest BCUT2D eigenvalue weighted by atomic mass is 28.4. The van der Waals surface area contributed by atoms with Gasteiger partial charge in [-0.3, -0.25) is 0 Å². The molecule has 0 bridgehead atoms. The summed E-state index contributed by atoms with van der Waals surface area (Å²) in [6.07, 6.45) is 5.70. The van der Waals surface area contributed by atoms with E-state index in [1.165, 1.54) is 7.11 Å². The number of benzene rings is 2. The number of methoxy groups -OCH3 is 1. The fraction of sp³-hybridized carbons (Fsp3) is 0.455. The van der Waals surface area contributed by atoms with Crippen LogP contribution in [0.3, 0.4) is 0 Å². The molecule has 2 atom stereocenters. The van der Waals surface area contributed by atoms with Gasteiger partial charge in [-0.2, -0.15) is 0 Å². The van der Waals surface area contributed by atoms with E-state index in [4.69, 9.17) is 13.9 Å². The molecule has 0 heterocycles. The third-order valence-corrected chi connectivity index (χ3v) is 11.9. The van der Waals surface area contributed by atoms with Crippen LogP contribution < -0.4 is 15.7 Å². The third kappa shape index (κ3) is 7.73. The van der Waals surface area contributed by atoms with Crippen molar-refractivity contribution in [2.45, 2.75) is 77.5 Å². The summed E-state index contributed by atoms with van der Waals surface area (Å²) in [4.78, 5) is 26.7. The largest absolute Gasteiger partial charge is 0.467 e. The predicted octanol–water partition coefficient (Wildman–Crippen LogP) is 6.16. The van der Waals surface area contributed by atoms with Gasteiger partial charge >= 0.3 is 12.1 Å². The molecule has 1 amide bonds. The second-order valence-electron chi connectivity index (χ2n) is 12.0. The molecule has 0 spiro atoms. The Kier molecular flexibility index (Phi) is 11.5. The number of nitrogens with one attached hydrogen (secondary N) is 1. The van der Waals surface area contributed by atoms with E-state index >= 15 is 0 Å². The third-order valence-electron chi connectivity index (χ3n) is 6.87. The van der Waals surface area contributed by atoms with E-state index in [2.05, 4.69) is 56.9 Å². The van der Waals surface area contributed by atoms with Crippen molar-refractivity contribution in [3.8, 4) is 0 Å². The Morgan fingerprint density at radius 2 is 1.48 bits per heavy atom. The molecule has 218 valence electrons. The molecule has 0 aliphatic rings. The molecule has 2 aromatic carbocycles. The summed E-state index contributed by atoms with van der Waals surface area (Å²) in [5.41, 5.74) is -2.24. The van der Waals surface area contributed by atoms with Crippen LogP contribution in [0, 0.1) is 5.92 Å². The number of esters is 1. The lowest BCUT2D eigenvalue weighted by molar-refractivity contribution is -0.151. The zero-order valence-corrected chi connectivity index (χ0v) is 26.5. The number of alkyl carbamates (subject to hydrolysis) is 1. The summed E-state index contributed by atoms with van der Waals surface area (Å²) in [6, 6.07) is 20.6. The number of hydrogen-bond acceptors (Lipinski definition) is 5. The van der Waals surface area contributed by atoms with Gasteiger partial charge in [-0.15, -0.1) is 6.58 Å². The van der Waals surface area contributed by atoms with E-state index in [1.54, 1.807) is 26.8 Å². The number of allylic oxidation sites excluding steroid dienone is 1. The van der Waals surface area contributed by atoms with Crippen LogP contribution in [-0.4, -0.2) is 45.2 Å². The van der Waals surface area contributed by atoms with Gasteiger partial charge < -0.3 is 19.2 Å². The van der Waals surface area contributed by atoms with Crippen LogP contribution in [0.4, 0.5) is 4.79 Å². The minimum atomic E-state index is -2.93. The summed E-state index contributed by atoms with van der Waals surface area (Å²) in [6.45, 7) is 18.0. The van der Waals surface area contributed by atoms with Crippen molar-refractivity contribution in [1.29, 1.82) is 0 Å². The molecule has 0 saturated carbocycles. The van der Waals surface area contributed by atoms with E-state index < -0.39 is 37.4 Å².